The molecule has 0 aliphatic carbocycles. The number of rotatable bonds is 12. The first kappa shape index (κ1) is 25.3. The second-order valence-electron chi connectivity index (χ2n) is 9.23. The lowest BCUT2D eigenvalue weighted by Gasteiger charge is -2.23. The highest BCUT2D eigenvalue weighted by Gasteiger charge is 2.13. The van der Waals surface area contributed by atoms with Crippen molar-refractivity contribution in [3.05, 3.63) is 150 Å². The van der Waals surface area contributed by atoms with Crippen LogP contribution in [0.1, 0.15) is 34.0 Å². The molecule has 0 saturated heterocycles. The van der Waals surface area contributed by atoms with E-state index in [4.69, 9.17) is 4.98 Å². The van der Waals surface area contributed by atoms with Crippen LogP contribution in [0, 0.1) is 0 Å². The Bertz CT molecular complexity index is 1160. The minimum atomic E-state index is 0.707. The van der Waals surface area contributed by atoms with E-state index in [0.717, 1.165) is 66.8 Å². The molecule has 0 saturated carbocycles. The van der Waals surface area contributed by atoms with Crippen LogP contribution in [0.5, 0.6) is 0 Å². The van der Waals surface area contributed by atoms with Gasteiger partial charge in [0, 0.05) is 70.3 Å². The van der Waals surface area contributed by atoms with Crippen LogP contribution in [0.2, 0.25) is 0 Å². The van der Waals surface area contributed by atoms with Crippen LogP contribution in [-0.2, 0) is 39.3 Å². The number of hydrogen-bond acceptors (Lipinski definition) is 7. The van der Waals surface area contributed by atoms with Crippen LogP contribution in [0.3, 0.4) is 0 Å². The molecule has 5 rings (SSSR count). The summed E-state index contributed by atoms with van der Waals surface area (Å²) in [5.74, 6) is 0. The Morgan fingerprint density at radius 1 is 0.368 bits per heavy atom. The molecule has 0 aliphatic rings. The van der Waals surface area contributed by atoms with Gasteiger partial charge in [-0.1, -0.05) is 30.3 Å². The van der Waals surface area contributed by atoms with Crippen molar-refractivity contribution in [1.29, 1.82) is 0 Å². The molecule has 0 fully saturated rings. The third-order valence-corrected chi connectivity index (χ3v) is 6.12. The lowest BCUT2D eigenvalue weighted by atomic mass is 10.2. The number of aromatic nitrogens is 5. The first-order valence-electron chi connectivity index (χ1n) is 12.8. The largest absolute Gasteiger partial charge is 0.287 e. The minimum Gasteiger partial charge on any atom is -0.287 e. The monoisotopic (exact) mass is 501 g/mol. The van der Waals surface area contributed by atoms with Gasteiger partial charge in [0.25, 0.3) is 0 Å². The molecule has 190 valence electrons. The molecule has 0 N–H and O–H groups in total. The van der Waals surface area contributed by atoms with Crippen LogP contribution in [0.4, 0.5) is 0 Å². The first-order chi connectivity index (χ1) is 18.8. The summed E-state index contributed by atoms with van der Waals surface area (Å²) in [6.07, 6.45) is 9.34. The maximum atomic E-state index is 4.83. The third kappa shape index (κ3) is 7.83. The van der Waals surface area contributed by atoms with E-state index in [1.54, 1.807) is 0 Å². The number of pyridine rings is 5. The van der Waals surface area contributed by atoms with E-state index in [1.807, 2.05) is 79.5 Å². The molecule has 0 atom stereocenters. The Kier molecular flexibility index (Phi) is 8.85. The van der Waals surface area contributed by atoms with Crippen molar-refractivity contribution >= 4 is 0 Å². The van der Waals surface area contributed by atoms with Crippen molar-refractivity contribution in [2.45, 2.75) is 39.3 Å². The molecule has 0 unspecified atom stereocenters. The van der Waals surface area contributed by atoms with Crippen molar-refractivity contribution in [2.24, 2.45) is 0 Å². The predicted octanol–water partition coefficient (Wildman–Crippen LogP) is 5.07. The zero-order valence-electron chi connectivity index (χ0n) is 21.3. The van der Waals surface area contributed by atoms with Gasteiger partial charge in [-0.05, 0) is 60.2 Å². The Morgan fingerprint density at radius 2 is 0.737 bits per heavy atom. The van der Waals surface area contributed by atoms with Gasteiger partial charge in [-0.3, -0.25) is 34.7 Å². The molecule has 0 spiro atoms. The van der Waals surface area contributed by atoms with Gasteiger partial charge in [-0.15, -0.1) is 0 Å². The van der Waals surface area contributed by atoms with Crippen LogP contribution in [-0.4, -0.2) is 34.7 Å². The Morgan fingerprint density at radius 3 is 1.05 bits per heavy atom. The normalized spacial score (nSPS) is 11.2. The maximum Gasteiger partial charge on any atom is 0.0544 e. The quantitative estimate of drug-likeness (QED) is 0.236. The Labute approximate surface area is 223 Å². The molecule has 5 heterocycles. The highest BCUT2D eigenvalue weighted by Crippen LogP contribution is 2.15. The second kappa shape index (κ2) is 13.3. The maximum absolute atomic E-state index is 4.83. The second-order valence-corrected chi connectivity index (χ2v) is 9.23. The van der Waals surface area contributed by atoms with E-state index >= 15 is 0 Å². The van der Waals surface area contributed by atoms with Gasteiger partial charge in [-0.25, -0.2) is 0 Å². The third-order valence-electron chi connectivity index (χ3n) is 6.12. The van der Waals surface area contributed by atoms with Crippen molar-refractivity contribution < 1.29 is 0 Å². The van der Waals surface area contributed by atoms with Crippen LogP contribution >= 0.6 is 0 Å². The van der Waals surface area contributed by atoms with Gasteiger partial charge in [0.05, 0.1) is 28.5 Å². The zero-order chi connectivity index (χ0) is 25.8. The lowest BCUT2D eigenvalue weighted by molar-refractivity contribution is 0.237. The van der Waals surface area contributed by atoms with E-state index in [1.165, 1.54) is 0 Å². The van der Waals surface area contributed by atoms with Crippen LogP contribution < -0.4 is 0 Å². The fraction of sp³-hybridized carbons (Fsp3) is 0.194. The predicted molar refractivity (Wildman–Crippen MR) is 147 cm³/mol. The summed E-state index contributed by atoms with van der Waals surface area (Å²) in [6.45, 7) is 4.39. The molecular formula is C31H31N7. The molecule has 38 heavy (non-hydrogen) atoms. The van der Waals surface area contributed by atoms with Gasteiger partial charge in [0.1, 0.15) is 0 Å². The van der Waals surface area contributed by atoms with Crippen molar-refractivity contribution in [3.63, 3.8) is 0 Å². The van der Waals surface area contributed by atoms with E-state index < -0.39 is 0 Å². The topological polar surface area (TPSA) is 70.9 Å². The zero-order valence-corrected chi connectivity index (χ0v) is 21.3. The summed E-state index contributed by atoms with van der Waals surface area (Å²) in [5.41, 5.74) is 6.29. The summed E-state index contributed by atoms with van der Waals surface area (Å²) in [7, 11) is 0. The average molecular weight is 502 g/mol. The van der Waals surface area contributed by atoms with Gasteiger partial charge in [0.15, 0.2) is 0 Å². The standard InChI is InChI=1S/C31H31N7/c1-5-15-32-27(9-1)21-37(22-28-10-2-6-16-33-28)20-26-13-14-31(36-19-26)25-38(23-29-11-3-7-17-34-29)24-30-12-4-8-18-35-30/h1-19H,20-25H2. The molecule has 7 nitrogen and oxygen atoms in total. The van der Waals surface area contributed by atoms with E-state index in [2.05, 4.69) is 66.1 Å². The molecule has 5 aromatic heterocycles. The van der Waals surface area contributed by atoms with E-state index in [0.29, 0.717) is 6.54 Å². The molecular weight excluding hydrogens is 470 g/mol. The van der Waals surface area contributed by atoms with Gasteiger partial charge in [-0.2, -0.15) is 0 Å². The van der Waals surface area contributed by atoms with Crippen molar-refractivity contribution in [1.82, 2.24) is 34.7 Å². The molecule has 0 radical (unpaired) electrons. The summed E-state index contributed by atoms with van der Waals surface area (Å²) < 4.78 is 0. The van der Waals surface area contributed by atoms with Crippen LogP contribution in [0.25, 0.3) is 0 Å². The number of nitrogens with zero attached hydrogens (tertiary/aromatic N) is 7. The van der Waals surface area contributed by atoms with Gasteiger partial charge in [0.2, 0.25) is 0 Å². The SMILES string of the molecule is c1ccc(CN(Cc2ccc(CN(Cc3ccccn3)Cc3ccccn3)nc2)Cc2ccccn2)nc1. The summed E-state index contributed by atoms with van der Waals surface area (Å²) in [4.78, 5) is 27.6. The van der Waals surface area contributed by atoms with Gasteiger partial charge < -0.3 is 0 Å². The summed E-state index contributed by atoms with van der Waals surface area (Å²) in [6, 6.07) is 28.4. The summed E-state index contributed by atoms with van der Waals surface area (Å²) in [5, 5.41) is 0. The Hall–Kier alpha value is -4.33. The number of hydrogen-bond donors (Lipinski definition) is 0. The fourth-order valence-corrected chi connectivity index (χ4v) is 4.35. The summed E-state index contributed by atoms with van der Waals surface area (Å²) >= 11 is 0. The highest BCUT2D eigenvalue weighted by atomic mass is 15.1. The molecule has 0 bridgehead atoms. The molecule has 5 aromatic rings. The lowest BCUT2D eigenvalue weighted by Crippen LogP contribution is -2.25. The Balaban J connectivity index is 1.28. The van der Waals surface area contributed by atoms with Crippen LogP contribution in [0.15, 0.2) is 116 Å². The van der Waals surface area contributed by atoms with Crippen molar-refractivity contribution in [3.8, 4) is 0 Å². The van der Waals surface area contributed by atoms with E-state index in [9.17, 15) is 0 Å². The minimum absolute atomic E-state index is 0.707. The molecule has 0 aromatic carbocycles. The highest BCUT2D eigenvalue weighted by molar-refractivity contribution is 5.16. The molecule has 7 heteroatoms. The molecule has 0 aliphatic heterocycles. The van der Waals surface area contributed by atoms with E-state index in [-0.39, 0.29) is 0 Å². The van der Waals surface area contributed by atoms with Crippen molar-refractivity contribution in [2.75, 3.05) is 0 Å². The average Bonchev–Trinajstić information content (AvgIpc) is 2.96. The fourth-order valence-electron chi connectivity index (χ4n) is 4.35. The smallest absolute Gasteiger partial charge is 0.0544 e. The first-order valence-corrected chi connectivity index (χ1v) is 12.8. The van der Waals surface area contributed by atoms with Gasteiger partial charge >= 0.3 is 0 Å². The molecule has 0 amide bonds.